The van der Waals surface area contributed by atoms with Crippen LogP contribution in [0.25, 0.3) is 10.4 Å². The molecule has 0 aromatic rings. The summed E-state index contributed by atoms with van der Waals surface area (Å²) in [5.41, 5.74) is 6.94. The molecule has 0 aromatic heterocycles. The maximum atomic E-state index is 11.8. The van der Waals surface area contributed by atoms with Crippen molar-refractivity contribution < 1.29 is 17.9 Å². The van der Waals surface area contributed by atoms with Crippen LogP contribution in [0.4, 0.5) is 0 Å². The summed E-state index contributed by atoms with van der Waals surface area (Å²) in [7, 11) is -2.03. The lowest BCUT2D eigenvalue weighted by molar-refractivity contribution is -0.148. The van der Waals surface area contributed by atoms with E-state index in [0.29, 0.717) is 12.8 Å². The first-order valence-corrected chi connectivity index (χ1v) is 7.33. The summed E-state index contributed by atoms with van der Waals surface area (Å²) in [6, 6.07) is 0. The molecule has 1 saturated heterocycles. The molecule has 0 amide bonds. The first-order chi connectivity index (χ1) is 8.46. The molecule has 1 N–H and O–H groups in total. The number of nitrogens with zero attached hydrogens (tertiary/aromatic N) is 3. The molecule has 0 aliphatic carbocycles. The smallest absolute Gasteiger partial charge is 0.327 e. The van der Waals surface area contributed by atoms with E-state index in [-0.39, 0.29) is 24.6 Å². The molecule has 1 aliphatic rings. The highest BCUT2D eigenvalue weighted by Gasteiger charge is 2.45. The molecule has 0 saturated carbocycles. The molecule has 18 heavy (non-hydrogen) atoms. The number of esters is 1. The van der Waals surface area contributed by atoms with Crippen molar-refractivity contribution in [3.05, 3.63) is 10.4 Å². The maximum absolute atomic E-state index is 11.8. The quantitative estimate of drug-likeness (QED) is 0.249. The normalized spacial score (nSPS) is 26.1. The zero-order valence-corrected chi connectivity index (χ0v) is 10.9. The Labute approximate surface area is 105 Å². The minimum absolute atomic E-state index is 0.0871. The number of methoxy groups -OCH3 is 1. The van der Waals surface area contributed by atoms with Crippen LogP contribution in [0.3, 0.4) is 0 Å². The van der Waals surface area contributed by atoms with Gasteiger partial charge in [0.15, 0.2) is 9.84 Å². The highest BCUT2D eigenvalue weighted by Crippen LogP contribution is 2.24. The third kappa shape index (κ3) is 3.59. The Balaban J connectivity index is 2.82. The van der Waals surface area contributed by atoms with Crippen LogP contribution in [0.1, 0.15) is 12.8 Å². The van der Waals surface area contributed by atoms with E-state index < -0.39 is 21.3 Å². The molecule has 0 radical (unpaired) electrons. The Morgan fingerprint density at radius 2 is 2.33 bits per heavy atom. The topological polar surface area (TPSA) is 121 Å². The monoisotopic (exact) mass is 276 g/mol. The van der Waals surface area contributed by atoms with Gasteiger partial charge in [-0.1, -0.05) is 5.11 Å². The Hall–Kier alpha value is -1.31. The molecule has 1 rings (SSSR count). The van der Waals surface area contributed by atoms with Gasteiger partial charge < -0.3 is 10.1 Å². The van der Waals surface area contributed by atoms with Gasteiger partial charge in [-0.3, -0.25) is 4.79 Å². The van der Waals surface area contributed by atoms with Gasteiger partial charge in [-0.2, -0.15) is 0 Å². The summed E-state index contributed by atoms with van der Waals surface area (Å²) in [5, 5.41) is 6.18. The number of carbonyl (C=O) groups excluding carboxylic acids is 1. The standard InChI is InChI=1S/C9H16N4O4S/c1-17-8(14)9(11-4-5-12-13-10)3-2-6-18(15,16)7-9/h11H,2-7H2,1H3. The average Bonchev–Trinajstić information content (AvgIpc) is 2.32. The average molecular weight is 276 g/mol. The second kappa shape index (κ2) is 6.03. The minimum atomic E-state index is -3.25. The van der Waals surface area contributed by atoms with E-state index >= 15 is 0 Å². The second-order valence-electron chi connectivity index (χ2n) is 4.15. The van der Waals surface area contributed by atoms with Crippen molar-refractivity contribution in [3.63, 3.8) is 0 Å². The van der Waals surface area contributed by atoms with E-state index in [9.17, 15) is 13.2 Å². The third-order valence-corrected chi connectivity index (χ3v) is 4.68. The fourth-order valence-corrected chi connectivity index (χ4v) is 3.92. The van der Waals surface area contributed by atoms with E-state index in [1.54, 1.807) is 0 Å². The molecule has 0 spiro atoms. The van der Waals surface area contributed by atoms with Gasteiger partial charge in [-0.05, 0) is 18.4 Å². The molecule has 9 heteroatoms. The van der Waals surface area contributed by atoms with Crippen LogP contribution in [0.15, 0.2) is 5.11 Å². The van der Waals surface area contributed by atoms with Crippen molar-refractivity contribution in [3.8, 4) is 0 Å². The molecule has 1 atom stereocenters. The van der Waals surface area contributed by atoms with Crippen molar-refractivity contribution in [1.82, 2.24) is 5.32 Å². The number of hydrogen-bond donors (Lipinski definition) is 1. The Bertz CT molecular complexity index is 457. The third-order valence-electron chi connectivity index (χ3n) is 2.84. The van der Waals surface area contributed by atoms with Gasteiger partial charge in [0.05, 0.1) is 18.6 Å². The first-order valence-electron chi connectivity index (χ1n) is 5.50. The highest BCUT2D eigenvalue weighted by atomic mass is 32.2. The van der Waals surface area contributed by atoms with Crippen molar-refractivity contribution in [2.45, 2.75) is 18.4 Å². The fraction of sp³-hybridized carbons (Fsp3) is 0.889. The first kappa shape index (κ1) is 14.7. The summed E-state index contributed by atoms with van der Waals surface area (Å²) in [6.45, 7) is 0.379. The summed E-state index contributed by atoms with van der Waals surface area (Å²) < 4.78 is 28.0. The largest absolute Gasteiger partial charge is 0.468 e. The SMILES string of the molecule is COC(=O)C1(NCCN=[N+]=[N-])CCCS(=O)(=O)C1. The van der Waals surface area contributed by atoms with E-state index in [1.807, 2.05) is 0 Å². The number of rotatable bonds is 5. The van der Waals surface area contributed by atoms with Crippen molar-refractivity contribution in [2.75, 3.05) is 31.7 Å². The second-order valence-corrected chi connectivity index (χ2v) is 6.33. The van der Waals surface area contributed by atoms with Crippen LogP contribution in [0.5, 0.6) is 0 Å². The summed E-state index contributed by atoms with van der Waals surface area (Å²) in [6.07, 6.45) is 0.807. The molecule has 1 fully saturated rings. The number of sulfone groups is 1. The summed E-state index contributed by atoms with van der Waals surface area (Å²) in [4.78, 5) is 14.4. The van der Waals surface area contributed by atoms with Gasteiger partial charge in [0.2, 0.25) is 0 Å². The zero-order chi connectivity index (χ0) is 13.6. The molecule has 0 aromatic carbocycles. The van der Waals surface area contributed by atoms with Gasteiger partial charge in [-0.15, -0.1) is 0 Å². The van der Waals surface area contributed by atoms with Crippen molar-refractivity contribution in [2.24, 2.45) is 5.11 Å². The summed E-state index contributed by atoms with van der Waals surface area (Å²) >= 11 is 0. The van der Waals surface area contributed by atoms with Gasteiger partial charge in [0.25, 0.3) is 0 Å². The lowest BCUT2D eigenvalue weighted by Crippen LogP contribution is -2.60. The van der Waals surface area contributed by atoms with E-state index in [4.69, 9.17) is 5.53 Å². The van der Waals surface area contributed by atoms with Gasteiger partial charge in [0, 0.05) is 18.0 Å². The van der Waals surface area contributed by atoms with Gasteiger partial charge in [0.1, 0.15) is 5.54 Å². The molecule has 0 bridgehead atoms. The lowest BCUT2D eigenvalue weighted by atomic mass is 9.95. The van der Waals surface area contributed by atoms with Crippen LogP contribution in [0, 0.1) is 0 Å². The van der Waals surface area contributed by atoms with E-state index in [2.05, 4.69) is 20.1 Å². The van der Waals surface area contributed by atoms with E-state index in [0.717, 1.165) is 0 Å². The van der Waals surface area contributed by atoms with Crippen molar-refractivity contribution >= 4 is 15.8 Å². The molecule has 1 heterocycles. The number of carbonyl (C=O) groups is 1. The van der Waals surface area contributed by atoms with Crippen LogP contribution in [-0.2, 0) is 19.4 Å². The maximum Gasteiger partial charge on any atom is 0.327 e. The van der Waals surface area contributed by atoms with Crippen LogP contribution in [0.2, 0.25) is 0 Å². The predicted molar refractivity (Wildman–Crippen MR) is 64.7 cm³/mol. The Morgan fingerprint density at radius 3 is 2.89 bits per heavy atom. The zero-order valence-electron chi connectivity index (χ0n) is 10.1. The van der Waals surface area contributed by atoms with Crippen LogP contribution < -0.4 is 5.32 Å². The molecule has 102 valence electrons. The number of hydrogen-bond acceptors (Lipinski definition) is 6. The number of azide groups is 1. The van der Waals surface area contributed by atoms with E-state index in [1.165, 1.54) is 7.11 Å². The van der Waals surface area contributed by atoms with Crippen LogP contribution >= 0.6 is 0 Å². The minimum Gasteiger partial charge on any atom is -0.468 e. The number of ether oxygens (including phenoxy) is 1. The van der Waals surface area contributed by atoms with Crippen LogP contribution in [-0.4, -0.2) is 51.6 Å². The molecule has 8 nitrogen and oxygen atoms in total. The molecular weight excluding hydrogens is 260 g/mol. The van der Waals surface area contributed by atoms with Gasteiger partial charge in [-0.25, -0.2) is 8.42 Å². The Morgan fingerprint density at radius 1 is 1.61 bits per heavy atom. The molecule has 1 unspecified atom stereocenters. The summed E-state index contributed by atoms with van der Waals surface area (Å²) in [5.74, 6) is -0.779. The lowest BCUT2D eigenvalue weighted by Gasteiger charge is -2.34. The predicted octanol–water partition coefficient (Wildman–Crippen LogP) is 0.00670. The Kier molecular flexibility index (Phi) is 4.94. The number of nitrogens with one attached hydrogen (secondary N) is 1. The van der Waals surface area contributed by atoms with Crippen molar-refractivity contribution in [1.29, 1.82) is 0 Å². The molecule has 1 aliphatic heterocycles. The molecular formula is C9H16N4O4S. The fourth-order valence-electron chi connectivity index (χ4n) is 2.07. The highest BCUT2D eigenvalue weighted by molar-refractivity contribution is 7.91. The van der Waals surface area contributed by atoms with Gasteiger partial charge >= 0.3 is 5.97 Å².